The van der Waals surface area contributed by atoms with Crippen molar-refractivity contribution in [3.8, 4) is 46.7 Å². The van der Waals surface area contributed by atoms with Crippen molar-refractivity contribution in [2.75, 3.05) is 4.90 Å². The standard InChI is InChI=1S/C76H57N3O9/c1-7-47(3)77-69(81)62-39-36-60(45-66(62)71(77)83)87-58-32-28-54(29-33-58)75(4,5)55-30-34-59(35-31-55)88-61-37-40-63-67(46-61)72(84)78(70(63)82)57-43-53(68(80)52-26-23-50(24-27-52)20-19-48-15-11-9-12-16-48)42-56(44-57)76(6,8-2)79-73(85)64-38-25-51(41-65(64)74(79)86)22-21-49-17-13-10-14-18-49/h9-18,23-47H,7-8H2,1-6H3/t47-,76?/m0/s1. The number of benzene rings is 9. The fourth-order valence-corrected chi connectivity index (χ4v) is 11.4. The van der Waals surface area contributed by atoms with Gasteiger partial charge in [0.25, 0.3) is 35.4 Å². The third-order valence-corrected chi connectivity index (χ3v) is 16.9. The third-order valence-electron chi connectivity index (χ3n) is 16.9. The van der Waals surface area contributed by atoms with Gasteiger partial charge in [0.2, 0.25) is 0 Å². The topological polar surface area (TPSA) is 148 Å². The highest BCUT2D eigenvalue weighted by Crippen LogP contribution is 2.43. The van der Waals surface area contributed by atoms with E-state index in [0.717, 1.165) is 27.2 Å². The molecule has 3 aliphatic heterocycles. The van der Waals surface area contributed by atoms with Crippen molar-refractivity contribution in [1.29, 1.82) is 0 Å². The number of ether oxygens (including phenoxy) is 2. The number of hydrogen-bond acceptors (Lipinski definition) is 9. The van der Waals surface area contributed by atoms with Gasteiger partial charge >= 0.3 is 0 Å². The van der Waals surface area contributed by atoms with Crippen molar-refractivity contribution in [2.45, 2.75) is 71.4 Å². The Morgan fingerprint density at radius 2 is 0.852 bits per heavy atom. The maximum absolute atomic E-state index is 14.8. The van der Waals surface area contributed by atoms with E-state index in [2.05, 4.69) is 37.5 Å². The van der Waals surface area contributed by atoms with Crippen LogP contribution in [0.25, 0.3) is 0 Å². The van der Waals surface area contributed by atoms with Crippen LogP contribution in [-0.4, -0.2) is 57.1 Å². The van der Waals surface area contributed by atoms with E-state index < -0.39 is 40.4 Å². The fourth-order valence-electron chi connectivity index (χ4n) is 11.4. The molecular formula is C76H57N3O9. The average molecular weight is 1160 g/mol. The molecule has 9 aromatic carbocycles. The summed E-state index contributed by atoms with van der Waals surface area (Å²) < 4.78 is 12.5. The second kappa shape index (κ2) is 23.0. The number of carbonyl (C=O) groups excluding carboxylic acids is 7. The zero-order valence-electron chi connectivity index (χ0n) is 49.1. The highest BCUT2D eigenvalue weighted by Gasteiger charge is 2.48. The zero-order chi connectivity index (χ0) is 61.6. The Bertz CT molecular complexity index is 4510. The zero-order valence-corrected chi connectivity index (χ0v) is 49.1. The summed E-state index contributed by atoms with van der Waals surface area (Å²) >= 11 is 0. The minimum Gasteiger partial charge on any atom is -0.457 e. The minimum absolute atomic E-state index is 0.0687. The lowest BCUT2D eigenvalue weighted by Crippen LogP contribution is -2.47. The molecular weight excluding hydrogens is 1100 g/mol. The van der Waals surface area contributed by atoms with Crippen LogP contribution in [0.2, 0.25) is 0 Å². The van der Waals surface area contributed by atoms with Crippen molar-refractivity contribution in [2.24, 2.45) is 0 Å². The molecule has 12 nitrogen and oxygen atoms in total. The normalized spacial score (nSPS) is 14.3. The van der Waals surface area contributed by atoms with E-state index in [9.17, 15) is 33.6 Å². The number of anilines is 1. The molecule has 0 radical (unpaired) electrons. The van der Waals surface area contributed by atoms with Crippen molar-refractivity contribution >= 4 is 46.9 Å². The first kappa shape index (κ1) is 57.2. The summed E-state index contributed by atoms with van der Waals surface area (Å²) in [5.41, 5.74) is 5.09. The molecule has 0 N–H and O–H groups in total. The molecule has 12 heteroatoms. The van der Waals surface area contributed by atoms with E-state index in [1.165, 1.54) is 28.0 Å². The molecule has 9 aromatic rings. The van der Waals surface area contributed by atoms with Gasteiger partial charge in [-0.05, 0) is 189 Å². The molecule has 430 valence electrons. The second-order valence-corrected chi connectivity index (χ2v) is 22.7. The molecule has 3 heterocycles. The van der Waals surface area contributed by atoms with Gasteiger partial charge in [0.1, 0.15) is 23.0 Å². The highest BCUT2D eigenvalue weighted by molar-refractivity contribution is 6.35. The third kappa shape index (κ3) is 10.5. The SMILES string of the molecule is CC[C@H](C)N1C(=O)c2ccc(Oc3ccc(C(C)(C)c4ccc(Oc5ccc6c(c5)C(=O)N(c5cc(C(=O)c7ccc(C#Cc8ccccc8)cc7)cc(C(C)(CC)N7C(=O)c8ccc(C#Cc9ccccc9)cc8C7=O)c5)C6=O)cc4)cc3)cc2C1=O. The first-order valence-electron chi connectivity index (χ1n) is 29.0. The largest absolute Gasteiger partial charge is 0.457 e. The van der Waals surface area contributed by atoms with Gasteiger partial charge in [0, 0.05) is 44.8 Å². The second-order valence-electron chi connectivity index (χ2n) is 22.7. The molecule has 0 fully saturated rings. The van der Waals surface area contributed by atoms with E-state index >= 15 is 0 Å². The molecule has 0 aliphatic carbocycles. The lowest BCUT2D eigenvalue weighted by atomic mass is 9.78. The van der Waals surface area contributed by atoms with Crippen LogP contribution in [0.1, 0.15) is 171 Å². The van der Waals surface area contributed by atoms with Crippen LogP contribution in [0, 0.1) is 23.7 Å². The van der Waals surface area contributed by atoms with Crippen LogP contribution in [0.3, 0.4) is 0 Å². The minimum atomic E-state index is -1.40. The molecule has 0 saturated carbocycles. The van der Waals surface area contributed by atoms with Gasteiger partial charge in [-0.3, -0.25) is 43.4 Å². The van der Waals surface area contributed by atoms with E-state index in [4.69, 9.17) is 9.47 Å². The number of nitrogens with zero attached hydrogens (tertiary/aromatic N) is 3. The molecule has 2 atom stereocenters. The average Bonchev–Trinajstić information content (AvgIpc) is 1.62. The maximum atomic E-state index is 14.8. The van der Waals surface area contributed by atoms with E-state index in [0.29, 0.717) is 62.8 Å². The number of fused-ring (bicyclic) bond motifs is 3. The summed E-state index contributed by atoms with van der Waals surface area (Å²) in [6.45, 7) is 11.6. The molecule has 1 unspecified atom stereocenters. The van der Waals surface area contributed by atoms with Crippen LogP contribution in [-0.2, 0) is 11.0 Å². The Kier molecular flexibility index (Phi) is 15.0. The first-order valence-corrected chi connectivity index (χ1v) is 29.0. The molecule has 88 heavy (non-hydrogen) atoms. The van der Waals surface area contributed by atoms with Crippen molar-refractivity contribution < 1.29 is 43.0 Å². The molecule has 0 saturated heterocycles. The van der Waals surface area contributed by atoms with Gasteiger partial charge in [-0.15, -0.1) is 0 Å². The Morgan fingerprint density at radius 1 is 0.420 bits per heavy atom. The van der Waals surface area contributed by atoms with Gasteiger partial charge in [-0.1, -0.05) is 112 Å². The monoisotopic (exact) mass is 1160 g/mol. The van der Waals surface area contributed by atoms with Crippen LogP contribution < -0.4 is 14.4 Å². The van der Waals surface area contributed by atoms with Crippen molar-refractivity contribution in [3.63, 3.8) is 0 Å². The van der Waals surface area contributed by atoms with Crippen LogP contribution in [0.4, 0.5) is 5.69 Å². The Labute approximate surface area is 510 Å². The molecule has 6 amide bonds. The molecule has 0 bridgehead atoms. The lowest BCUT2D eigenvalue weighted by molar-refractivity contribution is 0.0433. The Balaban J connectivity index is 0.798. The number of ketones is 1. The predicted molar refractivity (Wildman–Crippen MR) is 335 cm³/mol. The summed E-state index contributed by atoms with van der Waals surface area (Å²) in [5, 5.41) is 0. The summed E-state index contributed by atoms with van der Waals surface area (Å²) in [5.74, 6) is 10.8. The van der Waals surface area contributed by atoms with E-state index in [-0.39, 0.29) is 57.8 Å². The van der Waals surface area contributed by atoms with Gasteiger partial charge in [0.15, 0.2) is 5.78 Å². The fraction of sp³-hybridized carbons (Fsp3) is 0.145. The lowest BCUT2D eigenvalue weighted by Gasteiger charge is -2.38. The predicted octanol–water partition coefficient (Wildman–Crippen LogP) is 14.7. The number of imide groups is 3. The van der Waals surface area contributed by atoms with Gasteiger partial charge in [-0.25, -0.2) is 4.90 Å². The first-order chi connectivity index (χ1) is 42.4. The van der Waals surface area contributed by atoms with E-state index in [1.807, 2.05) is 130 Å². The molecule has 0 spiro atoms. The number of carbonyl (C=O) groups is 7. The summed E-state index contributed by atoms with van der Waals surface area (Å²) in [7, 11) is 0. The van der Waals surface area contributed by atoms with Gasteiger partial charge in [-0.2, -0.15) is 0 Å². The molecule has 3 aliphatic rings. The summed E-state index contributed by atoms with van der Waals surface area (Å²) in [6, 6.07) is 60.0. The molecule has 0 aromatic heterocycles. The summed E-state index contributed by atoms with van der Waals surface area (Å²) in [4.78, 5) is 103. The Hall–Kier alpha value is -11.2. The summed E-state index contributed by atoms with van der Waals surface area (Å²) in [6.07, 6.45) is 0.850. The number of amides is 6. The smallest absolute Gasteiger partial charge is 0.266 e. The van der Waals surface area contributed by atoms with Crippen LogP contribution in [0.5, 0.6) is 23.0 Å². The van der Waals surface area contributed by atoms with Crippen molar-refractivity contribution in [1.82, 2.24) is 9.80 Å². The number of rotatable bonds is 14. The van der Waals surface area contributed by atoms with Crippen LogP contribution >= 0.6 is 0 Å². The van der Waals surface area contributed by atoms with Gasteiger partial charge in [0.05, 0.1) is 44.6 Å². The maximum Gasteiger partial charge on any atom is 0.266 e. The van der Waals surface area contributed by atoms with Gasteiger partial charge < -0.3 is 9.47 Å². The van der Waals surface area contributed by atoms with Crippen LogP contribution in [0.15, 0.2) is 206 Å². The molecule has 12 rings (SSSR count). The number of hydrogen-bond donors (Lipinski definition) is 0. The quantitative estimate of drug-likeness (QED) is 0.0589. The van der Waals surface area contributed by atoms with E-state index in [1.54, 1.807) is 85.8 Å². The van der Waals surface area contributed by atoms with Crippen molar-refractivity contribution in [3.05, 3.63) is 290 Å². The Morgan fingerprint density at radius 3 is 1.40 bits per heavy atom. The highest BCUT2D eigenvalue weighted by atomic mass is 16.5.